The van der Waals surface area contributed by atoms with E-state index in [1.54, 1.807) is 17.0 Å². The first-order chi connectivity index (χ1) is 18.2. The Labute approximate surface area is 223 Å². The van der Waals surface area contributed by atoms with Crippen LogP contribution in [0.25, 0.3) is 0 Å². The van der Waals surface area contributed by atoms with E-state index in [2.05, 4.69) is 15.4 Å². The van der Waals surface area contributed by atoms with Crippen LogP contribution < -0.4 is 20.1 Å². The van der Waals surface area contributed by atoms with Crippen molar-refractivity contribution in [2.75, 3.05) is 26.2 Å². The molecule has 2 aliphatic rings. The number of benzene rings is 2. The maximum absolute atomic E-state index is 13.7. The van der Waals surface area contributed by atoms with Crippen LogP contribution >= 0.6 is 0 Å². The van der Waals surface area contributed by atoms with Gasteiger partial charge in [-0.1, -0.05) is 13.0 Å². The van der Waals surface area contributed by atoms with Gasteiger partial charge in [-0.25, -0.2) is 13.1 Å². The van der Waals surface area contributed by atoms with Crippen molar-refractivity contribution in [2.45, 2.75) is 56.5 Å². The summed E-state index contributed by atoms with van der Waals surface area (Å²) in [5.74, 6) is -0.195. The van der Waals surface area contributed by atoms with Crippen molar-refractivity contribution in [2.24, 2.45) is 0 Å². The number of hydrogen-bond acceptors (Lipinski definition) is 6. The van der Waals surface area contributed by atoms with Gasteiger partial charge in [-0.05, 0) is 68.1 Å². The molecule has 10 nitrogen and oxygen atoms in total. The Hall–Kier alpha value is -3.44. The molecular weight excluding hydrogens is 508 g/mol. The largest absolute Gasteiger partial charge is 0.491 e. The van der Waals surface area contributed by atoms with E-state index in [-0.39, 0.29) is 54.3 Å². The highest BCUT2D eigenvalue weighted by Crippen LogP contribution is 2.29. The van der Waals surface area contributed by atoms with E-state index in [0.29, 0.717) is 49.2 Å². The molecule has 4 bridgehead atoms. The molecule has 2 atom stereocenters. The van der Waals surface area contributed by atoms with Gasteiger partial charge in [-0.3, -0.25) is 14.4 Å². The number of aryl methyl sites for hydroxylation is 1. The molecule has 0 spiro atoms. The number of carbonyl (C=O) groups is 3. The van der Waals surface area contributed by atoms with E-state index in [9.17, 15) is 22.8 Å². The molecule has 38 heavy (non-hydrogen) atoms. The lowest BCUT2D eigenvalue weighted by Gasteiger charge is -2.30. The summed E-state index contributed by atoms with van der Waals surface area (Å²) in [4.78, 5) is 41.0. The normalized spacial score (nSPS) is 20.5. The van der Waals surface area contributed by atoms with Crippen molar-refractivity contribution >= 4 is 27.7 Å². The zero-order chi connectivity index (χ0) is 27.3. The van der Waals surface area contributed by atoms with Gasteiger partial charge < -0.3 is 20.3 Å². The molecule has 0 aliphatic carbocycles. The third-order valence-corrected chi connectivity index (χ3v) is 8.34. The summed E-state index contributed by atoms with van der Waals surface area (Å²) in [7, 11) is -3.66. The van der Waals surface area contributed by atoms with Gasteiger partial charge in [0.1, 0.15) is 12.4 Å². The Bertz CT molecular complexity index is 1300. The van der Waals surface area contributed by atoms with Crippen LogP contribution in [-0.4, -0.2) is 69.4 Å². The summed E-state index contributed by atoms with van der Waals surface area (Å²) >= 11 is 0. The first-order valence-corrected chi connectivity index (χ1v) is 14.4. The zero-order valence-electron chi connectivity index (χ0n) is 21.7. The summed E-state index contributed by atoms with van der Waals surface area (Å²) in [6.45, 7) is 4.84. The van der Waals surface area contributed by atoms with Crippen molar-refractivity contribution < 1.29 is 27.5 Å². The number of hydrogen-bond donors (Lipinski definition) is 3. The average Bonchev–Trinajstić information content (AvgIpc) is 3.30. The highest BCUT2D eigenvalue weighted by Gasteiger charge is 2.38. The van der Waals surface area contributed by atoms with Crippen LogP contribution in [0.3, 0.4) is 0 Å². The monoisotopic (exact) mass is 542 g/mol. The van der Waals surface area contributed by atoms with Gasteiger partial charge in [-0.2, -0.15) is 0 Å². The van der Waals surface area contributed by atoms with E-state index < -0.39 is 10.0 Å². The molecule has 4 rings (SSSR count). The summed E-state index contributed by atoms with van der Waals surface area (Å²) in [5, 5.41) is 5.78. The van der Waals surface area contributed by atoms with Gasteiger partial charge in [0.2, 0.25) is 15.9 Å². The highest BCUT2D eigenvalue weighted by molar-refractivity contribution is 7.89. The smallest absolute Gasteiger partial charge is 0.254 e. The molecule has 0 aromatic heterocycles. The number of carbonyl (C=O) groups excluding carboxylic acids is 3. The first-order valence-electron chi connectivity index (χ1n) is 12.9. The molecule has 3 N–H and O–H groups in total. The minimum absolute atomic E-state index is 0.0777. The highest BCUT2D eigenvalue weighted by atomic mass is 32.2. The molecule has 3 amide bonds. The fourth-order valence-corrected chi connectivity index (χ4v) is 5.92. The summed E-state index contributed by atoms with van der Waals surface area (Å²) in [5.41, 5.74) is 1.65. The van der Waals surface area contributed by atoms with Gasteiger partial charge in [0, 0.05) is 42.7 Å². The Balaban J connectivity index is 1.57. The molecule has 2 aromatic carbocycles. The minimum Gasteiger partial charge on any atom is -0.491 e. The van der Waals surface area contributed by atoms with Crippen LogP contribution in [0.4, 0.5) is 0 Å². The van der Waals surface area contributed by atoms with E-state index in [0.717, 1.165) is 5.56 Å². The zero-order valence-corrected chi connectivity index (χ0v) is 22.5. The fourth-order valence-electron chi connectivity index (χ4n) is 4.79. The molecule has 2 heterocycles. The lowest BCUT2D eigenvalue weighted by Crippen LogP contribution is -2.47. The SMILES string of the molecule is CCCNS(=O)(=O)c1ccc(C(=O)N2[C@@H]3CC[C@H]2CC(=O)NCCOc2cc(ccc2C)C(=O)NC3)cc1. The van der Waals surface area contributed by atoms with E-state index in [4.69, 9.17) is 4.74 Å². The van der Waals surface area contributed by atoms with Crippen LogP contribution in [0.15, 0.2) is 47.4 Å². The van der Waals surface area contributed by atoms with Crippen LogP contribution in [0.2, 0.25) is 0 Å². The number of rotatable bonds is 5. The molecule has 204 valence electrons. The summed E-state index contributed by atoms with van der Waals surface area (Å²) in [6, 6.07) is 10.3. The number of nitrogens with zero attached hydrogens (tertiary/aromatic N) is 1. The van der Waals surface area contributed by atoms with E-state index in [1.807, 2.05) is 19.9 Å². The maximum atomic E-state index is 13.7. The van der Waals surface area contributed by atoms with Gasteiger partial charge in [0.15, 0.2) is 0 Å². The molecule has 2 aromatic rings. The second-order valence-electron chi connectivity index (χ2n) is 9.61. The summed E-state index contributed by atoms with van der Waals surface area (Å²) < 4.78 is 33.1. The number of nitrogens with one attached hydrogen (secondary N) is 3. The predicted octanol–water partition coefficient (Wildman–Crippen LogP) is 1.99. The first kappa shape index (κ1) is 27.6. The Morgan fingerprint density at radius 2 is 1.82 bits per heavy atom. The molecule has 11 heteroatoms. The second-order valence-corrected chi connectivity index (χ2v) is 11.4. The van der Waals surface area contributed by atoms with E-state index >= 15 is 0 Å². The molecule has 0 unspecified atom stereocenters. The van der Waals surface area contributed by atoms with Crippen LogP contribution in [0.1, 0.15) is 58.9 Å². The Morgan fingerprint density at radius 1 is 1.08 bits per heavy atom. The molecule has 1 fully saturated rings. The van der Waals surface area contributed by atoms with Crippen molar-refractivity contribution in [3.8, 4) is 5.75 Å². The molecule has 2 aliphatic heterocycles. The van der Waals surface area contributed by atoms with Crippen LogP contribution in [-0.2, 0) is 14.8 Å². The van der Waals surface area contributed by atoms with Crippen molar-refractivity contribution in [1.82, 2.24) is 20.3 Å². The van der Waals surface area contributed by atoms with Crippen molar-refractivity contribution in [3.63, 3.8) is 0 Å². The maximum Gasteiger partial charge on any atom is 0.254 e. The van der Waals surface area contributed by atoms with Crippen LogP contribution in [0.5, 0.6) is 5.75 Å². The molecule has 0 saturated carbocycles. The molecule has 0 radical (unpaired) electrons. The van der Waals surface area contributed by atoms with Gasteiger partial charge in [0.25, 0.3) is 11.8 Å². The number of amides is 3. The third-order valence-electron chi connectivity index (χ3n) is 6.86. The number of fused-ring (bicyclic) bond motifs is 4. The number of ether oxygens (including phenoxy) is 1. The Morgan fingerprint density at radius 3 is 2.55 bits per heavy atom. The number of sulfonamides is 1. The fraction of sp³-hybridized carbons (Fsp3) is 0.444. The van der Waals surface area contributed by atoms with Gasteiger partial charge in [-0.15, -0.1) is 0 Å². The lowest BCUT2D eigenvalue weighted by molar-refractivity contribution is -0.122. The predicted molar refractivity (Wildman–Crippen MR) is 142 cm³/mol. The quantitative estimate of drug-likeness (QED) is 0.529. The molecular formula is C27H34N4O6S. The third kappa shape index (κ3) is 6.33. The Kier molecular flexibility index (Phi) is 8.68. The van der Waals surface area contributed by atoms with Crippen molar-refractivity contribution in [3.05, 3.63) is 59.2 Å². The topological polar surface area (TPSA) is 134 Å². The standard InChI is InChI=1S/C27H34N4O6S/c1-3-12-30-38(35,36)23-10-6-19(7-11-23)27(34)31-21-8-9-22(31)17-29-26(33)20-5-4-18(2)24(15-20)37-14-13-28-25(32)16-21/h4-7,10-11,15,21-22,30H,3,8-9,12-14,16-17H2,1-2H3,(H,28,32)(H,29,33)/t21-,22+/m0/s1. The van der Waals surface area contributed by atoms with Crippen molar-refractivity contribution in [1.29, 1.82) is 0 Å². The average molecular weight is 543 g/mol. The van der Waals surface area contributed by atoms with Gasteiger partial charge >= 0.3 is 0 Å². The van der Waals surface area contributed by atoms with E-state index in [1.165, 1.54) is 24.3 Å². The lowest BCUT2D eigenvalue weighted by atomic mass is 10.1. The van der Waals surface area contributed by atoms with Gasteiger partial charge in [0.05, 0.1) is 11.4 Å². The minimum atomic E-state index is -3.66. The second kappa shape index (κ2) is 12.0. The van der Waals surface area contributed by atoms with Crippen LogP contribution in [0, 0.1) is 6.92 Å². The summed E-state index contributed by atoms with van der Waals surface area (Å²) in [6.07, 6.45) is 2.02. The molecule has 1 saturated heterocycles.